The van der Waals surface area contributed by atoms with Crippen LogP contribution in [0.1, 0.15) is 46.5 Å². The molecule has 0 aromatic heterocycles. The minimum absolute atomic E-state index is 0.316. The van der Waals surface area contributed by atoms with Gasteiger partial charge in [-0.15, -0.1) is 0 Å². The van der Waals surface area contributed by atoms with Gasteiger partial charge in [0.2, 0.25) is 0 Å². The fourth-order valence-electron chi connectivity index (χ4n) is 1.44. The van der Waals surface area contributed by atoms with Crippen LogP contribution in [0.15, 0.2) is 0 Å². The Bertz CT molecular complexity index is 102. The van der Waals surface area contributed by atoms with Gasteiger partial charge in [-0.05, 0) is 32.2 Å². The number of hydrogen-bond acceptors (Lipinski definition) is 2. The van der Waals surface area contributed by atoms with Crippen LogP contribution in [-0.4, -0.2) is 24.3 Å². The van der Waals surface area contributed by atoms with Gasteiger partial charge in [0.1, 0.15) is 0 Å². The molecule has 0 fully saturated rings. The van der Waals surface area contributed by atoms with Crippen LogP contribution in [0.2, 0.25) is 0 Å². The summed E-state index contributed by atoms with van der Waals surface area (Å²) in [6, 6.07) is 0.549. The standard InChI is InChI=1S/C11H25NO/c1-4-11(5-2)9-12-10(3)7-6-8-13/h10-13H,4-9H2,1-3H3. The molecule has 0 heterocycles. The van der Waals surface area contributed by atoms with Gasteiger partial charge in [-0.2, -0.15) is 0 Å². The molecular weight excluding hydrogens is 162 g/mol. The smallest absolute Gasteiger partial charge is 0.0431 e. The van der Waals surface area contributed by atoms with Crippen molar-refractivity contribution in [3.8, 4) is 0 Å². The van der Waals surface area contributed by atoms with Crippen molar-refractivity contribution in [2.45, 2.75) is 52.5 Å². The zero-order valence-electron chi connectivity index (χ0n) is 9.34. The summed E-state index contributed by atoms with van der Waals surface area (Å²) >= 11 is 0. The fourth-order valence-corrected chi connectivity index (χ4v) is 1.44. The lowest BCUT2D eigenvalue weighted by Crippen LogP contribution is -2.31. The first kappa shape index (κ1) is 12.9. The maximum absolute atomic E-state index is 8.66. The van der Waals surface area contributed by atoms with Gasteiger partial charge in [-0.3, -0.25) is 0 Å². The highest BCUT2D eigenvalue weighted by Crippen LogP contribution is 2.06. The highest BCUT2D eigenvalue weighted by molar-refractivity contribution is 4.64. The van der Waals surface area contributed by atoms with E-state index in [4.69, 9.17) is 5.11 Å². The normalized spacial score (nSPS) is 13.6. The van der Waals surface area contributed by atoms with Gasteiger partial charge in [0.25, 0.3) is 0 Å². The van der Waals surface area contributed by atoms with Crippen LogP contribution in [0, 0.1) is 5.92 Å². The summed E-state index contributed by atoms with van der Waals surface area (Å²) in [6.07, 6.45) is 4.51. The molecule has 0 rings (SSSR count). The summed E-state index contributed by atoms with van der Waals surface area (Å²) in [7, 11) is 0. The SMILES string of the molecule is CCC(CC)CNC(C)CCCO. The van der Waals surface area contributed by atoms with Gasteiger partial charge in [0.15, 0.2) is 0 Å². The van der Waals surface area contributed by atoms with Crippen molar-refractivity contribution in [3.05, 3.63) is 0 Å². The molecule has 0 aliphatic rings. The molecular formula is C11H25NO. The van der Waals surface area contributed by atoms with Crippen LogP contribution in [0.4, 0.5) is 0 Å². The highest BCUT2D eigenvalue weighted by atomic mass is 16.2. The van der Waals surface area contributed by atoms with E-state index in [0.717, 1.165) is 25.3 Å². The molecule has 0 spiro atoms. The number of rotatable bonds is 8. The quantitative estimate of drug-likeness (QED) is 0.610. The van der Waals surface area contributed by atoms with Crippen LogP contribution >= 0.6 is 0 Å². The largest absolute Gasteiger partial charge is 0.396 e. The minimum atomic E-state index is 0.316. The number of aliphatic hydroxyl groups is 1. The molecule has 0 bridgehead atoms. The average molecular weight is 187 g/mol. The van der Waals surface area contributed by atoms with Crippen LogP contribution in [0.5, 0.6) is 0 Å². The maximum Gasteiger partial charge on any atom is 0.0431 e. The molecule has 0 amide bonds. The van der Waals surface area contributed by atoms with Gasteiger partial charge in [-0.1, -0.05) is 26.7 Å². The van der Waals surface area contributed by atoms with E-state index in [1.165, 1.54) is 12.8 Å². The van der Waals surface area contributed by atoms with Crippen LogP contribution < -0.4 is 5.32 Å². The van der Waals surface area contributed by atoms with E-state index >= 15 is 0 Å². The predicted molar refractivity (Wildman–Crippen MR) is 57.9 cm³/mol. The van der Waals surface area contributed by atoms with Gasteiger partial charge in [0, 0.05) is 12.6 Å². The Morgan fingerprint density at radius 3 is 2.31 bits per heavy atom. The number of nitrogens with one attached hydrogen (secondary N) is 1. The summed E-state index contributed by atoms with van der Waals surface area (Å²) < 4.78 is 0. The van der Waals surface area contributed by atoms with Crippen molar-refractivity contribution >= 4 is 0 Å². The second kappa shape index (κ2) is 8.52. The molecule has 0 aliphatic carbocycles. The zero-order chi connectivity index (χ0) is 10.1. The minimum Gasteiger partial charge on any atom is -0.396 e. The van der Waals surface area contributed by atoms with Gasteiger partial charge in [0.05, 0.1) is 0 Å². The summed E-state index contributed by atoms with van der Waals surface area (Å²) in [5.41, 5.74) is 0. The highest BCUT2D eigenvalue weighted by Gasteiger charge is 2.05. The fraction of sp³-hybridized carbons (Fsp3) is 1.00. The van der Waals surface area contributed by atoms with Crippen LogP contribution in [-0.2, 0) is 0 Å². The van der Waals surface area contributed by atoms with E-state index in [0.29, 0.717) is 12.6 Å². The summed E-state index contributed by atoms with van der Waals surface area (Å²) in [4.78, 5) is 0. The van der Waals surface area contributed by atoms with Gasteiger partial charge in [-0.25, -0.2) is 0 Å². The molecule has 0 aromatic carbocycles. The van der Waals surface area contributed by atoms with Crippen LogP contribution in [0.25, 0.3) is 0 Å². The lowest BCUT2D eigenvalue weighted by atomic mass is 10.0. The van der Waals surface area contributed by atoms with E-state index in [2.05, 4.69) is 26.1 Å². The molecule has 0 aliphatic heterocycles. The Balaban J connectivity index is 3.38. The molecule has 2 N–H and O–H groups in total. The Kier molecular flexibility index (Phi) is 8.46. The van der Waals surface area contributed by atoms with Crippen molar-refractivity contribution in [1.82, 2.24) is 5.32 Å². The second-order valence-electron chi connectivity index (χ2n) is 3.86. The molecule has 0 aromatic rings. The lowest BCUT2D eigenvalue weighted by molar-refractivity contribution is 0.274. The molecule has 2 heteroatoms. The average Bonchev–Trinajstić information content (AvgIpc) is 2.16. The molecule has 80 valence electrons. The van der Waals surface area contributed by atoms with Crippen LogP contribution in [0.3, 0.4) is 0 Å². The Morgan fingerprint density at radius 2 is 1.85 bits per heavy atom. The molecule has 13 heavy (non-hydrogen) atoms. The lowest BCUT2D eigenvalue weighted by Gasteiger charge is -2.18. The van der Waals surface area contributed by atoms with E-state index in [1.54, 1.807) is 0 Å². The van der Waals surface area contributed by atoms with Crippen molar-refractivity contribution in [1.29, 1.82) is 0 Å². The Labute approximate surface area is 82.7 Å². The predicted octanol–water partition coefficient (Wildman–Crippen LogP) is 2.17. The van der Waals surface area contributed by atoms with E-state index in [-0.39, 0.29) is 0 Å². The van der Waals surface area contributed by atoms with Gasteiger partial charge < -0.3 is 10.4 Å². The second-order valence-corrected chi connectivity index (χ2v) is 3.86. The third-order valence-electron chi connectivity index (χ3n) is 2.70. The van der Waals surface area contributed by atoms with Crippen molar-refractivity contribution in [2.75, 3.05) is 13.2 Å². The van der Waals surface area contributed by atoms with E-state index in [9.17, 15) is 0 Å². The molecule has 0 radical (unpaired) electrons. The molecule has 1 unspecified atom stereocenters. The van der Waals surface area contributed by atoms with Gasteiger partial charge >= 0.3 is 0 Å². The maximum atomic E-state index is 8.66. The Hall–Kier alpha value is -0.0800. The molecule has 0 saturated heterocycles. The zero-order valence-corrected chi connectivity index (χ0v) is 9.34. The first-order valence-electron chi connectivity index (χ1n) is 5.58. The van der Waals surface area contributed by atoms with Crippen molar-refractivity contribution in [3.63, 3.8) is 0 Å². The third kappa shape index (κ3) is 7.03. The number of aliphatic hydroxyl groups excluding tert-OH is 1. The van der Waals surface area contributed by atoms with Crippen molar-refractivity contribution in [2.24, 2.45) is 5.92 Å². The van der Waals surface area contributed by atoms with E-state index < -0.39 is 0 Å². The molecule has 0 saturated carbocycles. The Morgan fingerprint density at radius 1 is 1.23 bits per heavy atom. The van der Waals surface area contributed by atoms with E-state index in [1.807, 2.05) is 0 Å². The summed E-state index contributed by atoms with van der Waals surface area (Å²) in [5, 5.41) is 12.2. The first-order valence-corrected chi connectivity index (χ1v) is 5.58. The first-order chi connectivity index (χ1) is 6.24. The molecule has 2 nitrogen and oxygen atoms in total. The summed E-state index contributed by atoms with van der Waals surface area (Å²) in [5.74, 6) is 0.816. The molecule has 1 atom stereocenters. The summed E-state index contributed by atoms with van der Waals surface area (Å²) in [6.45, 7) is 8.12. The monoisotopic (exact) mass is 187 g/mol. The van der Waals surface area contributed by atoms with Crippen molar-refractivity contribution < 1.29 is 5.11 Å². The topological polar surface area (TPSA) is 32.3 Å². The number of hydrogen-bond donors (Lipinski definition) is 2. The third-order valence-corrected chi connectivity index (χ3v) is 2.70.